The number of hydrogen-bond donors (Lipinski definition) is 1. The SMILES string of the molecule is CN(c1ccc(OCC(=O)NCCSCc2ccc(Cl)cc2Cl)cc1)S(C)(=O)=O. The van der Waals surface area contributed by atoms with Gasteiger partial charge in [0.05, 0.1) is 11.9 Å². The van der Waals surface area contributed by atoms with Crippen molar-refractivity contribution in [3.63, 3.8) is 0 Å². The van der Waals surface area contributed by atoms with Gasteiger partial charge in [-0.25, -0.2) is 8.42 Å². The molecule has 158 valence electrons. The Hall–Kier alpha value is -1.61. The highest BCUT2D eigenvalue weighted by atomic mass is 35.5. The molecular weight excluding hydrogens is 455 g/mol. The zero-order valence-electron chi connectivity index (χ0n) is 16.0. The summed E-state index contributed by atoms with van der Waals surface area (Å²) in [6.45, 7) is 0.394. The fourth-order valence-electron chi connectivity index (χ4n) is 2.23. The van der Waals surface area contributed by atoms with Crippen molar-refractivity contribution in [3.8, 4) is 5.75 Å². The van der Waals surface area contributed by atoms with Gasteiger partial charge in [-0.15, -0.1) is 0 Å². The molecule has 0 bridgehead atoms. The zero-order chi connectivity index (χ0) is 21.4. The number of nitrogens with zero attached hydrogens (tertiary/aromatic N) is 1. The van der Waals surface area contributed by atoms with E-state index < -0.39 is 10.0 Å². The van der Waals surface area contributed by atoms with E-state index in [0.29, 0.717) is 28.0 Å². The van der Waals surface area contributed by atoms with Gasteiger partial charge in [0, 0.05) is 35.1 Å². The van der Waals surface area contributed by atoms with Gasteiger partial charge in [-0.1, -0.05) is 29.3 Å². The van der Waals surface area contributed by atoms with E-state index in [2.05, 4.69) is 5.32 Å². The lowest BCUT2D eigenvalue weighted by Crippen LogP contribution is -2.30. The average molecular weight is 477 g/mol. The molecule has 1 N–H and O–H groups in total. The van der Waals surface area contributed by atoms with Crippen molar-refractivity contribution in [2.75, 3.05) is 36.5 Å². The number of halogens is 2. The first-order chi connectivity index (χ1) is 13.7. The number of sulfonamides is 1. The first kappa shape index (κ1) is 23.7. The first-order valence-corrected chi connectivity index (χ1v) is 12.4. The third-order valence-corrected chi connectivity index (χ3v) is 6.71. The van der Waals surface area contributed by atoms with Crippen molar-refractivity contribution in [1.82, 2.24) is 5.32 Å². The van der Waals surface area contributed by atoms with Crippen molar-refractivity contribution in [3.05, 3.63) is 58.1 Å². The Morgan fingerprint density at radius 3 is 2.48 bits per heavy atom. The minimum atomic E-state index is -3.32. The van der Waals surface area contributed by atoms with Gasteiger partial charge in [0.15, 0.2) is 6.61 Å². The van der Waals surface area contributed by atoms with Gasteiger partial charge >= 0.3 is 0 Å². The fourth-order valence-corrected chi connectivity index (χ4v) is 4.15. The average Bonchev–Trinajstić information content (AvgIpc) is 2.66. The standard InChI is InChI=1S/C19H22Cl2N2O4S2/c1-23(29(2,25)26)16-5-7-17(8-6-16)27-12-19(24)22-9-10-28-13-14-3-4-15(20)11-18(14)21/h3-8,11H,9-10,12-13H2,1-2H3,(H,22,24). The summed E-state index contributed by atoms with van der Waals surface area (Å²) >= 11 is 13.6. The second-order valence-corrected chi connectivity index (χ2v) is 10.1. The minimum Gasteiger partial charge on any atom is -0.484 e. The number of amides is 1. The maximum Gasteiger partial charge on any atom is 0.257 e. The van der Waals surface area contributed by atoms with Crippen molar-refractivity contribution in [1.29, 1.82) is 0 Å². The van der Waals surface area contributed by atoms with Crippen LogP contribution in [0.1, 0.15) is 5.56 Å². The summed E-state index contributed by atoms with van der Waals surface area (Å²) in [5.74, 6) is 1.72. The third kappa shape index (κ3) is 7.97. The molecule has 0 spiro atoms. The van der Waals surface area contributed by atoms with Crippen LogP contribution in [0.4, 0.5) is 5.69 Å². The Bertz CT molecular complexity index is 938. The summed E-state index contributed by atoms with van der Waals surface area (Å²) in [6, 6.07) is 11.9. The number of anilines is 1. The maximum absolute atomic E-state index is 11.9. The molecular formula is C19H22Cl2N2O4S2. The highest BCUT2D eigenvalue weighted by Gasteiger charge is 2.11. The number of carbonyl (C=O) groups is 1. The van der Waals surface area contributed by atoms with Gasteiger partial charge in [-0.05, 0) is 42.0 Å². The van der Waals surface area contributed by atoms with E-state index in [9.17, 15) is 13.2 Å². The molecule has 0 atom stereocenters. The monoisotopic (exact) mass is 476 g/mol. The van der Waals surface area contributed by atoms with Gasteiger partial charge in [0.25, 0.3) is 5.91 Å². The lowest BCUT2D eigenvalue weighted by molar-refractivity contribution is -0.122. The molecule has 2 rings (SSSR count). The van der Waals surface area contributed by atoms with Crippen LogP contribution in [0.25, 0.3) is 0 Å². The molecule has 0 radical (unpaired) electrons. The van der Waals surface area contributed by atoms with E-state index in [-0.39, 0.29) is 12.5 Å². The van der Waals surface area contributed by atoms with Crippen molar-refractivity contribution < 1.29 is 17.9 Å². The number of carbonyl (C=O) groups excluding carboxylic acids is 1. The van der Waals surface area contributed by atoms with E-state index in [1.807, 2.05) is 6.07 Å². The van der Waals surface area contributed by atoms with Crippen LogP contribution >= 0.6 is 35.0 Å². The second kappa shape index (κ2) is 11.0. The smallest absolute Gasteiger partial charge is 0.257 e. The highest BCUT2D eigenvalue weighted by Crippen LogP contribution is 2.24. The molecule has 0 unspecified atom stereocenters. The molecule has 2 aromatic rings. The van der Waals surface area contributed by atoms with Gasteiger partial charge in [0.2, 0.25) is 10.0 Å². The molecule has 6 nitrogen and oxygen atoms in total. The predicted octanol–water partition coefficient (Wildman–Crippen LogP) is 3.82. The predicted molar refractivity (Wildman–Crippen MR) is 121 cm³/mol. The Balaban J connectivity index is 1.67. The summed E-state index contributed by atoms with van der Waals surface area (Å²) in [4.78, 5) is 11.9. The molecule has 0 aromatic heterocycles. The van der Waals surface area contributed by atoms with E-state index in [1.165, 1.54) is 11.4 Å². The molecule has 0 fully saturated rings. The Kier molecular flexibility index (Phi) is 8.95. The number of benzene rings is 2. The van der Waals surface area contributed by atoms with Crippen molar-refractivity contribution in [2.24, 2.45) is 0 Å². The molecule has 10 heteroatoms. The normalized spacial score (nSPS) is 11.2. The number of thioether (sulfide) groups is 1. The van der Waals surface area contributed by atoms with Crippen LogP contribution in [0.15, 0.2) is 42.5 Å². The molecule has 0 heterocycles. The molecule has 0 aliphatic heterocycles. The molecule has 0 saturated heterocycles. The summed E-state index contributed by atoms with van der Waals surface area (Å²) in [5, 5.41) is 4.03. The maximum atomic E-state index is 11.9. The van der Waals surface area contributed by atoms with E-state index in [0.717, 1.165) is 23.3 Å². The molecule has 2 aromatic carbocycles. The third-order valence-electron chi connectivity index (χ3n) is 3.91. The minimum absolute atomic E-state index is 0.116. The second-order valence-electron chi connectivity index (χ2n) is 6.15. The van der Waals surface area contributed by atoms with Crippen LogP contribution in [0.2, 0.25) is 10.0 Å². The number of hydrogen-bond acceptors (Lipinski definition) is 5. The highest BCUT2D eigenvalue weighted by molar-refractivity contribution is 7.98. The molecule has 0 aliphatic rings. The first-order valence-electron chi connectivity index (χ1n) is 8.62. The summed E-state index contributed by atoms with van der Waals surface area (Å²) in [5.41, 5.74) is 1.52. The molecule has 0 saturated carbocycles. The van der Waals surface area contributed by atoms with Crippen LogP contribution in [-0.2, 0) is 20.6 Å². The Labute approximate surface area is 185 Å². The fraction of sp³-hybridized carbons (Fsp3) is 0.316. The van der Waals surface area contributed by atoms with Crippen LogP contribution in [0.3, 0.4) is 0 Å². The van der Waals surface area contributed by atoms with Crippen LogP contribution in [0.5, 0.6) is 5.75 Å². The van der Waals surface area contributed by atoms with Gasteiger partial charge in [-0.3, -0.25) is 9.10 Å². The van der Waals surface area contributed by atoms with Gasteiger partial charge in [0.1, 0.15) is 5.75 Å². The van der Waals surface area contributed by atoms with Gasteiger partial charge < -0.3 is 10.1 Å². The summed E-state index contributed by atoms with van der Waals surface area (Å²) < 4.78 is 29.6. The zero-order valence-corrected chi connectivity index (χ0v) is 19.2. The Morgan fingerprint density at radius 2 is 1.86 bits per heavy atom. The number of ether oxygens (including phenoxy) is 1. The topological polar surface area (TPSA) is 75.7 Å². The lowest BCUT2D eigenvalue weighted by atomic mass is 10.2. The quantitative estimate of drug-likeness (QED) is 0.527. The summed E-state index contributed by atoms with van der Waals surface area (Å²) in [7, 11) is -1.85. The number of rotatable bonds is 10. The van der Waals surface area contributed by atoms with E-state index in [1.54, 1.807) is 48.2 Å². The van der Waals surface area contributed by atoms with Crippen LogP contribution in [-0.4, -0.2) is 46.5 Å². The van der Waals surface area contributed by atoms with Crippen molar-refractivity contribution in [2.45, 2.75) is 5.75 Å². The van der Waals surface area contributed by atoms with E-state index >= 15 is 0 Å². The van der Waals surface area contributed by atoms with Crippen molar-refractivity contribution >= 4 is 56.6 Å². The lowest BCUT2D eigenvalue weighted by Gasteiger charge is -2.16. The largest absolute Gasteiger partial charge is 0.484 e. The molecule has 0 aliphatic carbocycles. The molecule has 29 heavy (non-hydrogen) atoms. The van der Waals surface area contributed by atoms with Crippen LogP contribution in [0, 0.1) is 0 Å². The van der Waals surface area contributed by atoms with E-state index in [4.69, 9.17) is 27.9 Å². The molecule has 1 amide bonds. The number of nitrogens with one attached hydrogen (secondary N) is 1. The Morgan fingerprint density at radius 1 is 1.17 bits per heavy atom. The summed E-state index contributed by atoms with van der Waals surface area (Å²) in [6.07, 6.45) is 1.13. The van der Waals surface area contributed by atoms with Crippen LogP contribution < -0.4 is 14.4 Å². The van der Waals surface area contributed by atoms with Gasteiger partial charge in [-0.2, -0.15) is 11.8 Å².